The molecular formula is C14H12Br2N2O2. The van der Waals surface area contributed by atoms with Crippen LogP contribution in [0, 0.1) is 10.1 Å². The number of anilines is 1. The molecule has 0 heterocycles. The number of nitro groups is 1. The molecule has 1 N–H and O–H groups in total. The van der Waals surface area contributed by atoms with E-state index in [1.807, 2.05) is 25.1 Å². The summed E-state index contributed by atoms with van der Waals surface area (Å²) in [5, 5.41) is 14.2. The van der Waals surface area contributed by atoms with Gasteiger partial charge in [-0.1, -0.05) is 50.1 Å². The minimum absolute atomic E-state index is 0.0569. The predicted molar refractivity (Wildman–Crippen MR) is 87.0 cm³/mol. The van der Waals surface area contributed by atoms with Crippen molar-refractivity contribution in [2.75, 3.05) is 5.32 Å². The van der Waals surface area contributed by atoms with E-state index in [-0.39, 0.29) is 16.7 Å². The second-order valence-corrected chi connectivity index (χ2v) is 6.08. The van der Waals surface area contributed by atoms with E-state index in [2.05, 4.69) is 37.2 Å². The fourth-order valence-electron chi connectivity index (χ4n) is 1.92. The van der Waals surface area contributed by atoms with Gasteiger partial charge >= 0.3 is 0 Å². The van der Waals surface area contributed by atoms with Gasteiger partial charge in [0, 0.05) is 21.1 Å². The molecule has 0 bridgehead atoms. The topological polar surface area (TPSA) is 55.2 Å². The van der Waals surface area contributed by atoms with Crippen LogP contribution < -0.4 is 5.32 Å². The van der Waals surface area contributed by atoms with Crippen molar-refractivity contribution >= 4 is 43.2 Å². The minimum atomic E-state index is -0.383. The van der Waals surface area contributed by atoms with Crippen molar-refractivity contribution in [3.63, 3.8) is 0 Å². The zero-order valence-corrected chi connectivity index (χ0v) is 13.8. The average molecular weight is 400 g/mol. The van der Waals surface area contributed by atoms with Crippen LogP contribution >= 0.6 is 31.9 Å². The first-order chi connectivity index (χ1) is 9.49. The molecule has 0 aromatic heterocycles. The Morgan fingerprint density at radius 2 is 1.90 bits per heavy atom. The van der Waals surface area contributed by atoms with Gasteiger partial charge in [-0.25, -0.2) is 0 Å². The number of rotatable bonds is 4. The molecule has 104 valence electrons. The maximum Gasteiger partial charge on any atom is 0.292 e. The van der Waals surface area contributed by atoms with E-state index in [0.29, 0.717) is 5.69 Å². The molecule has 6 heteroatoms. The third-order valence-corrected chi connectivity index (χ3v) is 4.08. The Balaban J connectivity index is 2.28. The predicted octanol–water partition coefficient (Wildman–Crippen LogP) is 5.29. The van der Waals surface area contributed by atoms with Gasteiger partial charge in [0.05, 0.1) is 4.92 Å². The summed E-state index contributed by atoms with van der Waals surface area (Å²) in [4.78, 5) is 10.6. The minimum Gasteiger partial charge on any atom is -0.373 e. The number of nitrogens with zero attached hydrogens (tertiary/aromatic N) is 1. The Kier molecular flexibility index (Phi) is 4.77. The Morgan fingerprint density at radius 1 is 1.20 bits per heavy atom. The highest BCUT2D eigenvalue weighted by molar-refractivity contribution is 9.11. The van der Waals surface area contributed by atoms with Gasteiger partial charge in [-0.15, -0.1) is 0 Å². The molecule has 4 nitrogen and oxygen atoms in total. The maximum atomic E-state index is 11.0. The van der Waals surface area contributed by atoms with Gasteiger partial charge in [-0.3, -0.25) is 10.1 Å². The maximum absolute atomic E-state index is 11.0. The normalized spacial score (nSPS) is 11.9. The average Bonchev–Trinajstić information content (AvgIpc) is 2.38. The lowest BCUT2D eigenvalue weighted by atomic mass is 10.1. The highest BCUT2D eigenvalue weighted by atomic mass is 79.9. The molecule has 0 aliphatic heterocycles. The van der Waals surface area contributed by atoms with Crippen molar-refractivity contribution in [1.29, 1.82) is 0 Å². The van der Waals surface area contributed by atoms with Gasteiger partial charge in [0.1, 0.15) is 5.69 Å². The van der Waals surface area contributed by atoms with Crippen LogP contribution in [0.15, 0.2) is 51.4 Å². The van der Waals surface area contributed by atoms with Crippen molar-refractivity contribution in [3.8, 4) is 0 Å². The highest BCUT2D eigenvalue weighted by Gasteiger charge is 2.16. The van der Waals surface area contributed by atoms with Crippen LogP contribution in [0.4, 0.5) is 11.4 Å². The summed E-state index contributed by atoms with van der Waals surface area (Å²) < 4.78 is 1.93. The summed E-state index contributed by atoms with van der Waals surface area (Å²) >= 11 is 6.91. The van der Waals surface area contributed by atoms with Crippen LogP contribution in [-0.2, 0) is 0 Å². The van der Waals surface area contributed by atoms with Crippen molar-refractivity contribution in [1.82, 2.24) is 0 Å². The summed E-state index contributed by atoms with van der Waals surface area (Å²) in [6.07, 6.45) is 0. The Hall–Kier alpha value is -1.40. The van der Waals surface area contributed by atoms with Gasteiger partial charge in [0.25, 0.3) is 5.69 Å². The Bertz CT molecular complexity index is 647. The molecule has 0 spiro atoms. The van der Waals surface area contributed by atoms with Gasteiger partial charge in [-0.2, -0.15) is 0 Å². The van der Waals surface area contributed by atoms with Crippen molar-refractivity contribution < 1.29 is 4.92 Å². The third kappa shape index (κ3) is 3.37. The molecule has 1 atom stereocenters. The Morgan fingerprint density at radius 3 is 2.55 bits per heavy atom. The van der Waals surface area contributed by atoms with Crippen LogP contribution in [-0.4, -0.2) is 4.92 Å². The molecule has 0 radical (unpaired) electrons. The van der Waals surface area contributed by atoms with E-state index in [9.17, 15) is 10.1 Å². The van der Waals surface area contributed by atoms with Crippen LogP contribution in [0.2, 0.25) is 0 Å². The molecule has 0 amide bonds. The first kappa shape index (κ1) is 15.0. The molecule has 20 heavy (non-hydrogen) atoms. The zero-order valence-electron chi connectivity index (χ0n) is 10.6. The van der Waals surface area contributed by atoms with Gasteiger partial charge in [0.2, 0.25) is 0 Å². The fourth-order valence-corrected chi connectivity index (χ4v) is 3.31. The quantitative estimate of drug-likeness (QED) is 0.561. The highest BCUT2D eigenvalue weighted by Crippen LogP contribution is 2.31. The molecule has 0 saturated heterocycles. The lowest BCUT2D eigenvalue weighted by Gasteiger charge is -2.17. The number of para-hydroxylation sites is 2. The second-order valence-electron chi connectivity index (χ2n) is 4.31. The van der Waals surface area contributed by atoms with E-state index in [0.717, 1.165) is 14.5 Å². The number of hydrogen-bond donors (Lipinski definition) is 1. The molecule has 0 aliphatic carbocycles. The first-order valence-corrected chi connectivity index (χ1v) is 7.52. The van der Waals surface area contributed by atoms with E-state index in [4.69, 9.17) is 0 Å². The number of halogens is 2. The van der Waals surface area contributed by atoms with Crippen LogP contribution in [0.5, 0.6) is 0 Å². The monoisotopic (exact) mass is 398 g/mol. The van der Waals surface area contributed by atoms with Crippen LogP contribution in [0.1, 0.15) is 18.5 Å². The van der Waals surface area contributed by atoms with Crippen LogP contribution in [0.3, 0.4) is 0 Å². The van der Waals surface area contributed by atoms with Gasteiger partial charge in [0.15, 0.2) is 0 Å². The Labute approximate surface area is 133 Å². The standard InChI is InChI=1S/C14H12Br2N2O2/c1-9(11-7-6-10(15)8-12(11)16)17-13-4-2-3-5-14(13)18(19)20/h2-9,17H,1H3. The summed E-state index contributed by atoms with van der Waals surface area (Å²) in [6.45, 7) is 1.96. The van der Waals surface area contributed by atoms with E-state index in [1.165, 1.54) is 6.07 Å². The second kappa shape index (κ2) is 6.37. The fraction of sp³-hybridized carbons (Fsp3) is 0.143. The van der Waals surface area contributed by atoms with Crippen molar-refractivity contribution in [2.45, 2.75) is 13.0 Å². The summed E-state index contributed by atoms with van der Waals surface area (Å²) in [5.74, 6) is 0. The first-order valence-electron chi connectivity index (χ1n) is 5.94. The van der Waals surface area contributed by atoms with Crippen LogP contribution in [0.25, 0.3) is 0 Å². The SMILES string of the molecule is CC(Nc1ccccc1[N+](=O)[O-])c1ccc(Br)cc1Br. The summed E-state index contributed by atoms with van der Waals surface area (Å²) in [6, 6.07) is 12.4. The molecule has 0 saturated carbocycles. The molecule has 1 unspecified atom stereocenters. The molecule has 2 aromatic carbocycles. The lowest BCUT2D eigenvalue weighted by molar-refractivity contribution is -0.384. The van der Waals surface area contributed by atoms with E-state index >= 15 is 0 Å². The van der Waals surface area contributed by atoms with Crippen molar-refractivity contribution in [2.24, 2.45) is 0 Å². The summed E-state index contributed by atoms with van der Waals surface area (Å²) in [5.41, 5.74) is 1.62. The molecule has 2 rings (SSSR count). The number of nitrogens with one attached hydrogen (secondary N) is 1. The number of benzene rings is 2. The van der Waals surface area contributed by atoms with Crippen molar-refractivity contribution in [3.05, 3.63) is 67.1 Å². The summed E-state index contributed by atoms with van der Waals surface area (Å²) in [7, 11) is 0. The zero-order chi connectivity index (χ0) is 14.7. The molecule has 0 aliphatic rings. The smallest absolute Gasteiger partial charge is 0.292 e. The third-order valence-electron chi connectivity index (χ3n) is 2.90. The number of nitro benzene ring substituents is 1. The van der Waals surface area contributed by atoms with Gasteiger partial charge in [-0.05, 0) is 30.7 Å². The lowest BCUT2D eigenvalue weighted by Crippen LogP contribution is -2.08. The van der Waals surface area contributed by atoms with Gasteiger partial charge < -0.3 is 5.32 Å². The number of hydrogen-bond acceptors (Lipinski definition) is 3. The van der Waals surface area contributed by atoms with E-state index in [1.54, 1.807) is 18.2 Å². The molecule has 0 fully saturated rings. The largest absolute Gasteiger partial charge is 0.373 e. The van der Waals surface area contributed by atoms with E-state index < -0.39 is 0 Å². The molecule has 2 aromatic rings. The molecular weight excluding hydrogens is 388 g/mol.